The van der Waals surface area contributed by atoms with Gasteiger partial charge in [-0.15, -0.1) is 24.0 Å². The molecule has 2 N–H and O–H groups in total. The average Bonchev–Trinajstić information content (AvgIpc) is 3.13. The molecular weight excluding hydrogens is 427 g/mol. The van der Waals surface area contributed by atoms with Gasteiger partial charge in [0.15, 0.2) is 5.96 Å². The van der Waals surface area contributed by atoms with Crippen molar-refractivity contribution in [2.75, 3.05) is 39.0 Å². The Hall–Kier alpha value is -0.0900. The van der Waals surface area contributed by atoms with Crippen LogP contribution in [0.4, 0.5) is 0 Å². The van der Waals surface area contributed by atoms with Crippen LogP contribution in [0.1, 0.15) is 45.4 Å². The summed E-state index contributed by atoms with van der Waals surface area (Å²) >= 11 is 0. The molecule has 0 aromatic heterocycles. The van der Waals surface area contributed by atoms with Crippen molar-refractivity contribution in [3.05, 3.63) is 0 Å². The van der Waals surface area contributed by atoms with Gasteiger partial charge in [-0.1, -0.05) is 12.8 Å². The zero-order valence-corrected chi connectivity index (χ0v) is 17.5. The van der Waals surface area contributed by atoms with E-state index in [-0.39, 0.29) is 29.7 Å². The Morgan fingerprint density at radius 2 is 1.91 bits per heavy atom. The van der Waals surface area contributed by atoms with Crippen molar-refractivity contribution in [2.45, 2.75) is 45.4 Å². The van der Waals surface area contributed by atoms with Gasteiger partial charge in [-0.3, -0.25) is 4.99 Å². The second kappa shape index (κ2) is 9.41. The van der Waals surface area contributed by atoms with Gasteiger partial charge in [0.2, 0.25) is 10.0 Å². The van der Waals surface area contributed by atoms with Crippen LogP contribution in [0.5, 0.6) is 0 Å². The summed E-state index contributed by atoms with van der Waals surface area (Å²) in [4.78, 5) is 6.74. The van der Waals surface area contributed by atoms with Crippen LogP contribution in [-0.4, -0.2) is 58.3 Å². The maximum Gasteiger partial charge on any atom is 0.211 e. The summed E-state index contributed by atoms with van der Waals surface area (Å²) in [6, 6.07) is 0. The topological polar surface area (TPSA) is 73.8 Å². The van der Waals surface area contributed by atoms with E-state index >= 15 is 0 Å². The number of nitrogens with one attached hydrogen (secondary N) is 2. The van der Waals surface area contributed by atoms with Crippen LogP contribution >= 0.6 is 24.0 Å². The van der Waals surface area contributed by atoms with Crippen molar-refractivity contribution in [2.24, 2.45) is 10.4 Å². The fraction of sp³-hybridized carbons (Fsp3) is 0.933. The van der Waals surface area contributed by atoms with Gasteiger partial charge >= 0.3 is 0 Å². The molecule has 1 saturated carbocycles. The van der Waals surface area contributed by atoms with Crippen LogP contribution in [-0.2, 0) is 10.0 Å². The number of halogens is 1. The Bertz CT molecular complexity index is 490. The molecule has 0 radical (unpaired) electrons. The molecule has 1 saturated heterocycles. The molecule has 2 aliphatic rings. The lowest BCUT2D eigenvalue weighted by atomic mass is 9.86. The molecule has 0 unspecified atom stereocenters. The van der Waals surface area contributed by atoms with Gasteiger partial charge in [0, 0.05) is 33.2 Å². The molecule has 1 heterocycles. The first-order chi connectivity index (χ1) is 10.5. The Balaban J connectivity index is 0.00000264. The maximum absolute atomic E-state index is 11.3. The molecule has 0 amide bonds. The van der Waals surface area contributed by atoms with Crippen molar-refractivity contribution >= 4 is 40.0 Å². The molecular formula is C15H31IN4O2S. The van der Waals surface area contributed by atoms with E-state index in [9.17, 15) is 8.42 Å². The number of nitrogens with zero attached hydrogens (tertiary/aromatic N) is 2. The quantitative estimate of drug-likeness (QED) is 0.276. The van der Waals surface area contributed by atoms with E-state index in [0.717, 1.165) is 32.0 Å². The highest BCUT2D eigenvalue weighted by Crippen LogP contribution is 2.45. The van der Waals surface area contributed by atoms with Gasteiger partial charge in [-0.25, -0.2) is 13.1 Å². The minimum Gasteiger partial charge on any atom is -0.356 e. The highest BCUT2D eigenvalue weighted by molar-refractivity contribution is 14.0. The van der Waals surface area contributed by atoms with Gasteiger partial charge in [-0.05, 0) is 38.0 Å². The van der Waals surface area contributed by atoms with Gasteiger partial charge in [0.05, 0.1) is 5.75 Å². The monoisotopic (exact) mass is 458 g/mol. The van der Waals surface area contributed by atoms with Crippen molar-refractivity contribution < 1.29 is 8.42 Å². The summed E-state index contributed by atoms with van der Waals surface area (Å²) in [6.45, 7) is 5.07. The molecule has 0 aromatic rings. The van der Waals surface area contributed by atoms with Crippen LogP contribution < -0.4 is 10.0 Å². The standard InChI is InChI=1S/C15H30N4O2S.HI/c1-3-22(20,21)18-11-6-10-17-14(16-2)19-12-9-15(13-19)7-4-5-8-15;/h18H,3-13H2,1-2H3,(H,16,17);1H. The fourth-order valence-corrected chi connectivity index (χ4v) is 4.26. The zero-order valence-electron chi connectivity index (χ0n) is 14.3. The Labute approximate surface area is 157 Å². The summed E-state index contributed by atoms with van der Waals surface area (Å²) in [5.74, 6) is 1.10. The van der Waals surface area contributed by atoms with E-state index < -0.39 is 10.0 Å². The number of hydrogen-bond donors (Lipinski definition) is 2. The number of hydrogen-bond acceptors (Lipinski definition) is 3. The largest absolute Gasteiger partial charge is 0.356 e. The molecule has 136 valence electrons. The second-order valence-corrected chi connectivity index (χ2v) is 8.60. The highest BCUT2D eigenvalue weighted by Gasteiger charge is 2.40. The lowest BCUT2D eigenvalue weighted by molar-refractivity contribution is 0.309. The first-order valence-corrected chi connectivity index (χ1v) is 10.1. The molecule has 0 bridgehead atoms. The van der Waals surface area contributed by atoms with Crippen molar-refractivity contribution in [1.82, 2.24) is 14.9 Å². The zero-order chi connectivity index (χ0) is 16.1. The first kappa shape index (κ1) is 21.0. The molecule has 1 aliphatic heterocycles. The number of likely N-dealkylation sites (tertiary alicyclic amines) is 1. The predicted octanol–water partition coefficient (Wildman–Crippen LogP) is 1.78. The molecule has 0 aromatic carbocycles. The van der Waals surface area contributed by atoms with E-state index in [1.54, 1.807) is 6.92 Å². The number of guanidine groups is 1. The molecule has 0 atom stereocenters. The van der Waals surface area contributed by atoms with Gasteiger partial charge in [-0.2, -0.15) is 0 Å². The van der Waals surface area contributed by atoms with E-state index in [2.05, 4.69) is 19.9 Å². The lowest BCUT2D eigenvalue weighted by Crippen LogP contribution is -2.42. The number of aliphatic imine (C=N–C) groups is 1. The van der Waals surface area contributed by atoms with Crippen molar-refractivity contribution in [1.29, 1.82) is 0 Å². The molecule has 1 spiro atoms. The maximum atomic E-state index is 11.3. The van der Waals surface area contributed by atoms with Gasteiger partial charge in [0.1, 0.15) is 0 Å². The van der Waals surface area contributed by atoms with Crippen LogP contribution in [0.25, 0.3) is 0 Å². The van der Waals surface area contributed by atoms with E-state index in [1.807, 2.05) is 7.05 Å². The summed E-state index contributed by atoms with van der Waals surface area (Å²) in [5.41, 5.74) is 0.536. The lowest BCUT2D eigenvalue weighted by Gasteiger charge is -2.25. The summed E-state index contributed by atoms with van der Waals surface area (Å²) in [7, 11) is -1.25. The fourth-order valence-electron chi connectivity index (χ4n) is 3.60. The minimum absolute atomic E-state index is 0. The molecule has 6 nitrogen and oxygen atoms in total. The third kappa shape index (κ3) is 6.04. The summed E-state index contributed by atoms with van der Waals surface area (Å²) < 4.78 is 25.3. The normalized spacial score (nSPS) is 20.8. The summed E-state index contributed by atoms with van der Waals surface area (Å²) in [6.07, 6.45) is 7.51. The van der Waals surface area contributed by atoms with Crippen molar-refractivity contribution in [3.63, 3.8) is 0 Å². The first-order valence-electron chi connectivity index (χ1n) is 8.43. The highest BCUT2D eigenvalue weighted by atomic mass is 127. The third-order valence-electron chi connectivity index (χ3n) is 4.95. The second-order valence-electron chi connectivity index (χ2n) is 6.50. The predicted molar refractivity (Wildman–Crippen MR) is 106 cm³/mol. The molecule has 2 rings (SSSR count). The van der Waals surface area contributed by atoms with Crippen molar-refractivity contribution in [3.8, 4) is 0 Å². The number of sulfonamides is 1. The SMILES string of the molecule is CCS(=O)(=O)NCCCNC(=NC)N1CCC2(CCCC2)C1.I. The average molecular weight is 458 g/mol. The molecule has 8 heteroatoms. The van der Waals surface area contributed by atoms with Crippen LogP contribution in [0.15, 0.2) is 4.99 Å². The molecule has 2 fully saturated rings. The van der Waals surface area contributed by atoms with Crippen LogP contribution in [0.2, 0.25) is 0 Å². The number of rotatable bonds is 6. The molecule has 1 aliphatic carbocycles. The van der Waals surface area contributed by atoms with E-state index in [1.165, 1.54) is 32.1 Å². The minimum atomic E-state index is -3.08. The van der Waals surface area contributed by atoms with E-state index in [0.29, 0.717) is 12.0 Å². The van der Waals surface area contributed by atoms with Crippen LogP contribution in [0, 0.1) is 5.41 Å². The van der Waals surface area contributed by atoms with Gasteiger partial charge < -0.3 is 10.2 Å². The Morgan fingerprint density at radius 3 is 2.52 bits per heavy atom. The smallest absolute Gasteiger partial charge is 0.211 e. The Kier molecular flexibility index (Phi) is 8.57. The molecule has 23 heavy (non-hydrogen) atoms. The summed E-state index contributed by atoms with van der Waals surface area (Å²) in [5, 5.41) is 3.36. The third-order valence-corrected chi connectivity index (χ3v) is 6.36. The van der Waals surface area contributed by atoms with Gasteiger partial charge in [0.25, 0.3) is 0 Å². The van der Waals surface area contributed by atoms with Crippen LogP contribution in [0.3, 0.4) is 0 Å². The Morgan fingerprint density at radius 1 is 1.22 bits per heavy atom. The van der Waals surface area contributed by atoms with E-state index in [4.69, 9.17) is 0 Å².